The molecular weight excluding hydrogens is 202 g/mol. The lowest BCUT2D eigenvalue weighted by molar-refractivity contribution is 0.0215. The summed E-state index contributed by atoms with van der Waals surface area (Å²) in [5.74, 6) is 0. The Labute approximate surface area is 96.5 Å². The molecule has 2 rings (SSSR count). The summed E-state index contributed by atoms with van der Waals surface area (Å²) in [6.45, 7) is 7.71. The van der Waals surface area contributed by atoms with Gasteiger partial charge in [-0.05, 0) is 33.6 Å². The molecule has 0 aliphatic heterocycles. The SMILES string of the molecule is CCn1nc(C)c(C2(CN)CC(O)C2)c1C. The van der Waals surface area contributed by atoms with Crippen molar-refractivity contribution in [2.24, 2.45) is 5.73 Å². The summed E-state index contributed by atoms with van der Waals surface area (Å²) in [5, 5.41) is 14.1. The summed E-state index contributed by atoms with van der Waals surface area (Å²) in [7, 11) is 0. The van der Waals surface area contributed by atoms with Gasteiger partial charge in [-0.1, -0.05) is 0 Å². The van der Waals surface area contributed by atoms with Crippen LogP contribution in [0.1, 0.15) is 36.7 Å². The van der Waals surface area contributed by atoms with Crippen molar-refractivity contribution < 1.29 is 5.11 Å². The molecule has 1 aliphatic carbocycles. The van der Waals surface area contributed by atoms with Crippen molar-refractivity contribution in [2.75, 3.05) is 6.54 Å². The Morgan fingerprint density at radius 1 is 1.50 bits per heavy atom. The van der Waals surface area contributed by atoms with Crippen LogP contribution in [0.4, 0.5) is 0 Å². The van der Waals surface area contributed by atoms with Crippen LogP contribution in [0.5, 0.6) is 0 Å². The zero-order chi connectivity index (χ0) is 11.9. The van der Waals surface area contributed by atoms with E-state index >= 15 is 0 Å². The fourth-order valence-corrected chi connectivity index (χ4v) is 3.09. The van der Waals surface area contributed by atoms with Crippen LogP contribution in [0, 0.1) is 13.8 Å². The molecule has 1 aromatic heterocycles. The van der Waals surface area contributed by atoms with Crippen LogP contribution >= 0.6 is 0 Å². The lowest BCUT2D eigenvalue weighted by atomic mass is 9.62. The van der Waals surface area contributed by atoms with Crippen LogP contribution in [0.25, 0.3) is 0 Å². The monoisotopic (exact) mass is 223 g/mol. The number of rotatable bonds is 3. The molecule has 1 fully saturated rings. The minimum atomic E-state index is -0.188. The second kappa shape index (κ2) is 3.86. The van der Waals surface area contributed by atoms with Gasteiger partial charge in [0, 0.05) is 29.8 Å². The number of hydrogen-bond donors (Lipinski definition) is 2. The van der Waals surface area contributed by atoms with E-state index in [2.05, 4.69) is 18.9 Å². The molecule has 16 heavy (non-hydrogen) atoms. The van der Waals surface area contributed by atoms with Crippen molar-refractivity contribution in [3.8, 4) is 0 Å². The Hall–Kier alpha value is -0.870. The summed E-state index contributed by atoms with van der Waals surface area (Å²) in [6, 6.07) is 0. The molecule has 0 unspecified atom stereocenters. The highest BCUT2D eigenvalue weighted by Gasteiger charge is 2.46. The number of hydrogen-bond acceptors (Lipinski definition) is 3. The van der Waals surface area contributed by atoms with Gasteiger partial charge in [0.15, 0.2) is 0 Å². The van der Waals surface area contributed by atoms with Gasteiger partial charge in [-0.15, -0.1) is 0 Å². The molecule has 1 aliphatic rings. The lowest BCUT2D eigenvalue weighted by Crippen LogP contribution is -2.50. The Balaban J connectivity index is 2.43. The van der Waals surface area contributed by atoms with Gasteiger partial charge in [0.05, 0.1) is 11.8 Å². The molecule has 4 nitrogen and oxygen atoms in total. The average Bonchev–Trinajstić information content (AvgIpc) is 2.50. The highest BCUT2D eigenvalue weighted by atomic mass is 16.3. The normalized spacial score (nSPS) is 29.2. The minimum absolute atomic E-state index is 0.0268. The first-order valence-corrected chi connectivity index (χ1v) is 5.96. The number of nitrogens with zero attached hydrogens (tertiary/aromatic N) is 2. The Bertz CT molecular complexity index is 391. The fraction of sp³-hybridized carbons (Fsp3) is 0.750. The third-order valence-electron chi connectivity index (χ3n) is 3.85. The van der Waals surface area contributed by atoms with Crippen LogP contribution in [0.2, 0.25) is 0 Å². The molecule has 0 aromatic carbocycles. The van der Waals surface area contributed by atoms with Gasteiger partial charge < -0.3 is 10.8 Å². The van der Waals surface area contributed by atoms with E-state index in [1.807, 2.05) is 11.6 Å². The Morgan fingerprint density at radius 3 is 2.50 bits per heavy atom. The molecule has 1 saturated carbocycles. The van der Waals surface area contributed by atoms with Gasteiger partial charge in [-0.3, -0.25) is 4.68 Å². The smallest absolute Gasteiger partial charge is 0.0634 e. The molecule has 0 saturated heterocycles. The molecule has 0 amide bonds. The molecule has 90 valence electrons. The van der Waals surface area contributed by atoms with Gasteiger partial charge in [-0.25, -0.2) is 0 Å². The molecule has 4 heteroatoms. The van der Waals surface area contributed by atoms with E-state index in [4.69, 9.17) is 5.73 Å². The first kappa shape index (κ1) is 11.6. The Morgan fingerprint density at radius 2 is 2.12 bits per heavy atom. The summed E-state index contributed by atoms with van der Waals surface area (Å²) in [6.07, 6.45) is 1.37. The fourth-order valence-electron chi connectivity index (χ4n) is 3.09. The number of aliphatic hydroxyl groups is 1. The molecule has 1 aromatic rings. The Kier molecular flexibility index (Phi) is 2.80. The van der Waals surface area contributed by atoms with Crippen molar-refractivity contribution in [3.05, 3.63) is 17.0 Å². The predicted octanol–water partition coefficient (Wildman–Crippen LogP) is 0.871. The topological polar surface area (TPSA) is 64.1 Å². The van der Waals surface area contributed by atoms with Crippen LogP contribution in [-0.2, 0) is 12.0 Å². The quantitative estimate of drug-likeness (QED) is 0.799. The number of aromatic nitrogens is 2. The van der Waals surface area contributed by atoms with Gasteiger partial charge >= 0.3 is 0 Å². The lowest BCUT2D eigenvalue weighted by Gasteiger charge is -2.45. The van der Waals surface area contributed by atoms with Crippen molar-refractivity contribution in [1.29, 1.82) is 0 Å². The van der Waals surface area contributed by atoms with E-state index in [-0.39, 0.29) is 11.5 Å². The van der Waals surface area contributed by atoms with E-state index in [9.17, 15) is 5.11 Å². The standard InChI is InChI=1S/C12H21N3O/c1-4-15-9(3)11(8(2)14-15)12(7-13)5-10(16)6-12/h10,16H,4-7,13H2,1-3H3. The zero-order valence-electron chi connectivity index (χ0n) is 10.3. The maximum Gasteiger partial charge on any atom is 0.0634 e. The molecule has 3 N–H and O–H groups in total. The van der Waals surface area contributed by atoms with Gasteiger partial charge in [0.2, 0.25) is 0 Å². The third-order valence-corrected chi connectivity index (χ3v) is 3.85. The predicted molar refractivity (Wildman–Crippen MR) is 63.3 cm³/mol. The maximum absolute atomic E-state index is 9.54. The summed E-state index contributed by atoms with van der Waals surface area (Å²) >= 11 is 0. The van der Waals surface area contributed by atoms with E-state index in [0.717, 1.165) is 25.1 Å². The van der Waals surface area contributed by atoms with Crippen molar-refractivity contribution in [3.63, 3.8) is 0 Å². The van der Waals surface area contributed by atoms with Crippen LogP contribution in [0.3, 0.4) is 0 Å². The van der Waals surface area contributed by atoms with E-state index in [1.165, 1.54) is 11.3 Å². The highest BCUT2D eigenvalue weighted by Crippen LogP contribution is 2.45. The molecule has 0 radical (unpaired) electrons. The summed E-state index contributed by atoms with van der Waals surface area (Å²) in [4.78, 5) is 0. The van der Waals surface area contributed by atoms with E-state index in [1.54, 1.807) is 0 Å². The second-order valence-electron chi connectivity index (χ2n) is 4.91. The number of aliphatic hydroxyl groups excluding tert-OH is 1. The second-order valence-corrected chi connectivity index (χ2v) is 4.91. The molecule has 1 heterocycles. The largest absolute Gasteiger partial charge is 0.393 e. The van der Waals surface area contributed by atoms with Crippen molar-refractivity contribution in [1.82, 2.24) is 9.78 Å². The first-order chi connectivity index (χ1) is 7.54. The highest BCUT2D eigenvalue weighted by molar-refractivity contribution is 5.37. The van der Waals surface area contributed by atoms with Gasteiger partial charge in [0.25, 0.3) is 0 Å². The van der Waals surface area contributed by atoms with Crippen molar-refractivity contribution >= 4 is 0 Å². The molecule has 0 bridgehead atoms. The third kappa shape index (κ3) is 1.48. The van der Waals surface area contributed by atoms with Crippen LogP contribution in [0.15, 0.2) is 0 Å². The maximum atomic E-state index is 9.54. The average molecular weight is 223 g/mol. The van der Waals surface area contributed by atoms with Crippen LogP contribution < -0.4 is 5.73 Å². The minimum Gasteiger partial charge on any atom is -0.393 e. The van der Waals surface area contributed by atoms with E-state index < -0.39 is 0 Å². The van der Waals surface area contributed by atoms with E-state index in [0.29, 0.717) is 6.54 Å². The first-order valence-electron chi connectivity index (χ1n) is 5.96. The summed E-state index contributed by atoms with van der Waals surface area (Å²) < 4.78 is 2.02. The molecule has 0 atom stereocenters. The van der Waals surface area contributed by atoms with Crippen LogP contribution in [-0.4, -0.2) is 27.5 Å². The molecule has 0 spiro atoms. The van der Waals surface area contributed by atoms with Gasteiger partial charge in [0.1, 0.15) is 0 Å². The van der Waals surface area contributed by atoms with Gasteiger partial charge in [-0.2, -0.15) is 5.10 Å². The van der Waals surface area contributed by atoms with Crippen molar-refractivity contribution in [2.45, 2.75) is 51.7 Å². The molecular formula is C12H21N3O. The number of aryl methyl sites for hydroxylation is 2. The summed E-state index contributed by atoms with van der Waals surface area (Å²) in [5.41, 5.74) is 9.41. The zero-order valence-corrected chi connectivity index (χ0v) is 10.3. The number of nitrogens with two attached hydrogens (primary N) is 1.